The summed E-state index contributed by atoms with van der Waals surface area (Å²) < 4.78 is 4.59. The van der Waals surface area contributed by atoms with Crippen LogP contribution in [0.1, 0.15) is 40.5 Å². The number of esters is 1. The van der Waals surface area contributed by atoms with Gasteiger partial charge in [0.05, 0.1) is 7.11 Å². The van der Waals surface area contributed by atoms with E-state index in [1.807, 2.05) is 0 Å². The molecular formula is C12H20O4. The molecule has 0 saturated heterocycles. The van der Waals surface area contributed by atoms with E-state index in [4.69, 9.17) is 0 Å². The third-order valence-electron chi connectivity index (χ3n) is 2.33. The van der Waals surface area contributed by atoms with Crippen LogP contribution in [-0.2, 0) is 19.1 Å². The smallest absolute Gasteiger partial charge is 0.316 e. The monoisotopic (exact) mass is 228 g/mol. The number of carbonyl (C=O) groups is 3. The largest absolute Gasteiger partial charge is 0.468 e. The number of ketones is 2. The number of ether oxygens (including phenoxy) is 1. The van der Waals surface area contributed by atoms with Crippen LogP contribution in [0.4, 0.5) is 0 Å². The van der Waals surface area contributed by atoms with E-state index in [0.29, 0.717) is 0 Å². The maximum absolute atomic E-state index is 12.0. The molecule has 0 aliphatic heterocycles. The van der Waals surface area contributed by atoms with Crippen molar-refractivity contribution in [2.75, 3.05) is 7.11 Å². The van der Waals surface area contributed by atoms with Gasteiger partial charge in [0.2, 0.25) is 0 Å². The van der Waals surface area contributed by atoms with Gasteiger partial charge in [0, 0.05) is 11.8 Å². The lowest BCUT2D eigenvalue weighted by Gasteiger charge is -2.22. The average Bonchev–Trinajstić information content (AvgIpc) is 2.15. The zero-order chi connectivity index (χ0) is 12.9. The van der Waals surface area contributed by atoms with E-state index < -0.39 is 17.3 Å². The van der Waals surface area contributed by atoms with E-state index in [1.165, 1.54) is 14.0 Å². The first-order valence-electron chi connectivity index (χ1n) is 5.31. The zero-order valence-electron chi connectivity index (χ0n) is 10.6. The molecular weight excluding hydrogens is 208 g/mol. The van der Waals surface area contributed by atoms with Crippen molar-refractivity contribution < 1.29 is 19.1 Å². The van der Waals surface area contributed by atoms with Gasteiger partial charge in [-0.3, -0.25) is 9.59 Å². The van der Waals surface area contributed by atoms with Crippen molar-refractivity contribution in [2.45, 2.75) is 40.5 Å². The van der Waals surface area contributed by atoms with Gasteiger partial charge < -0.3 is 9.53 Å². The van der Waals surface area contributed by atoms with Crippen molar-refractivity contribution in [3.63, 3.8) is 0 Å². The Hall–Kier alpha value is -1.19. The van der Waals surface area contributed by atoms with Gasteiger partial charge >= 0.3 is 5.97 Å². The summed E-state index contributed by atoms with van der Waals surface area (Å²) in [5.74, 6) is -1.59. The van der Waals surface area contributed by atoms with E-state index >= 15 is 0 Å². The Bertz CT molecular complexity index is 286. The summed E-state index contributed by atoms with van der Waals surface area (Å²) in [4.78, 5) is 34.3. The lowest BCUT2D eigenvalue weighted by molar-refractivity contribution is -0.152. The molecule has 92 valence electrons. The van der Waals surface area contributed by atoms with Crippen LogP contribution >= 0.6 is 0 Å². The van der Waals surface area contributed by atoms with Crippen LogP contribution in [0.25, 0.3) is 0 Å². The highest BCUT2D eigenvalue weighted by molar-refractivity contribution is 6.01. The average molecular weight is 228 g/mol. The summed E-state index contributed by atoms with van der Waals surface area (Å²) in [6.45, 7) is 6.69. The van der Waals surface area contributed by atoms with Crippen molar-refractivity contribution in [1.29, 1.82) is 0 Å². The fraction of sp³-hybridized carbons (Fsp3) is 0.750. The van der Waals surface area contributed by atoms with E-state index in [9.17, 15) is 14.4 Å². The highest BCUT2D eigenvalue weighted by Crippen LogP contribution is 2.24. The summed E-state index contributed by atoms with van der Waals surface area (Å²) in [6.07, 6.45) is 0.458. The Kier molecular flexibility index (Phi) is 5.35. The normalized spacial score (nSPS) is 13.1. The predicted molar refractivity (Wildman–Crippen MR) is 59.9 cm³/mol. The molecule has 0 bridgehead atoms. The molecule has 0 amide bonds. The highest BCUT2D eigenvalue weighted by Gasteiger charge is 2.35. The highest BCUT2D eigenvalue weighted by atomic mass is 16.5. The van der Waals surface area contributed by atoms with Crippen LogP contribution < -0.4 is 0 Å². The van der Waals surface area contributed by atoms with Gasteiger partial charge in [-0.25, -0.2) is 0 Å². The molecule has 0 saturated carbocycles. The second-order valence-corrected chi connectivity index (χ2v) is 4.93. The maximum Gasteiger partial charge on any atom is 0.316 e. The van der Waals surface area contributed by atoms with Gasteiger partial charge in [0.1, 0.15) is 11.7 Å². The van der Waals surface area contributed by atoms with Gasteiger partial charge in [-0.2, -0.15) is 0 Å². The quantitative estimate of drug-likeness (QED) is 0.531. The van der Waals surface area contributed by atoms with Crippen LogP contribution in [0.5, 0.6) is 0 Å². The van der Waals surface area contributed by atoms with E-state index in [2.05, 4.69) is 4.74 Å². The van der Waals surface area contributed by atoms with Gasteiger partial charge in [0.25, 0.3) is 0 Å². The zero-order valence-corrected chi connectivity index (χ0v) is 10.6. The van der Waals surface area contributed by atoms with Crippen LogP contribution in [0.2, 0.25) is 0 Å². The molecule has 16 heavy (non-hydrogen) atoms. The predicted octanol–water partition coefficient (Wildman–Crippen LogP) is 1.76. The Labute approximate surface area is 96.4 Å². The van der Waals surface area contributed by atoms with Crippen LogP contribution in [0, 0.1) is 11.3 Å². The lowest BCUT2D eigenvalue weighted by Crippen LogP contribution is -2.34. The molecule has 0 aliphatic carbocycles. The third kappa shape index (κ3) is 4.55. The van der Waals surface area contributed by atoms with E-state index in [0.717, 1.165) is 0 Å². The molecule has 4 nitrogen and oxygen atoms in total. The lowest BCUT2D eigenvalue weighted by atomic mass is 9.81. The Morgan fingerprint density at radius 3 is 2.00 bits per heavy atom. The molecule has 0 aromatic carbocycles. The second kappa shape index (κ2) is 5.77. The standard InChI is InChI=1S/C12H20O4/c1-8(13)6-7-9(11(15)16-5)10(14)12(2,3)4/h9H,6-7H2,1-5H3. The topological polar surface area (TPSA) is 60.4 Å². The molecule has 0 rings (SSSR count). The van der Waals surface area contributed by atoms with Gasteiger partial charge in [-0.1, -0.05) is 20.8 Å². The van der Waals surface area contributed by atoms with Crippen molar-refractivity contribution in [3.8, 4) is 0 Å². The molecule has 0 aromatic rings. The molecule has 4 heteroatoms. The molecule has 0 heterocycles. The van der Waals surface area contributed by atoms with Crippen molar-refractivity contribution in [1.82, 2.24) is 0 Å². The number of hydrogen-bond acceptors (Lipinski definition) is 4. The number of methoxy groups -OCH3 is 1. The second-order valence-electron chi connectivity index (χ2n) is 4.93. The van der Waals surface area contributed by atoms with Crippen molar-refractivity contribution in [3.05, 3.63) is 0 Å². The minimum Gasteiger partial charge on any atom is -0.468 e. The summed E-state index contributed by atoms with van der Waals surface area (Å²) in [5, 5.41) is 0. The fourth-order valence-corrected chi connectivity index (χ4v) is 1.37. The summed E-state index contributed by atoms with van der Waals surface area (Å²) >= 11 is 0. The summed E-state index contributed by atoms with van der Waals surface area (Å²) in [7, 11) is 1.25. The van der Waals surface area contributed by atoms with E-state index in [-0.39, 0.29) is 24.4 Å². The molecule has 0 aromatic heterocycles. The molecule has 1 atom stereocenters. The molecule has 0 N–H and O–H groups in total. The van der Waals surface area contributed by atoms with Crippen LogP contribution in [0.3, 0.4) is 0 Å². The summed E-state index contributed by atoms with van der Waals surface area (Å²) in [5.41, 5.74) is -0.602. The first kappa shape index (κ1) is 14.8. The maximum atomic E-state index is 12.0. The van der Waals surface area contributed by atoms with Crippen LogP contribution in [-0.4, -0.2) is 24.6 Å². The van der Waals surface area contributed by atoms with Gasteiger partial charge in [-0.05, 0) is 13.3 Å². The third-order valence-corrected chi connectivity index (χ3v) is 2.33. The molecule has 1 unspecified atom stereocenters. The number of rotatable bonds is 5. The molecule has 0 spiro atoms. The van der Waals surface area contributed by atoms with Gasteiger partial charge in [-0.15, -0.1) is 0 Å². The first-order chi connectivity index (χ1) is 7.20. The number of hydrogen-bond donors (Lipinski definition) is 0. The summed E-state index contributed by atoms with van der Waals surface area (Å²) in [6, 6.07) is 0. The Morgan fingerprint density at radius 2 is 1.69 bits per heavy atom. The van der Waals surface area contributed by atoms with Crippen molar-refractivity contribution in [2.24, 2.45) is 11.3 Å². The van der Waals surface area contributed by atoms with Crippen molar-refractivity contribution >= 4 is 17.5 Å². The molecule has 0 fully saturated rings. The molecule has 0 radical (unpaired) electrons. The van der Waals surface area contributed by atoms with Gasteiger partial charge in [0.15, 0.2) is 5.78 Å². The molecule has 0 aliphatic rings. The Balaban J connectivity index is 4.74. The number of carbonyl (C=O) groups excluding carboxylic acids is 3. The minimum absolute atomic E-state index is 0.0318. The SMILES string of the molecule is COC(=O)C(CCC(C)=O)C(=O)C(C)(C)C. The van der Waals surface area contributed by atoms with E-state index in [1.54, 1.807) is 20.8 Å². The first-order valence-corrected chi connectivity index (χ1v) is 5.31. The fourth-order valence-electron chi connectivity index (χ4n) is 1.37. The number of Topliss-reactive ketones (excluding diaryl/α,β-unsaturated/α-hetero) is 2. The minimum atomic E-state index is -0.825. The van der Waals surface area contributed by atoms with Crippen LogP contribution in [0.15, 0.2) is 0 Å². The Morgan fingerprint density at radius 1 is 1.19 bits per heavy atom.